The van der Waals surface area contributed by atoms with Crippen LogP contribution >= 0.6 is 0 Å². The first kappa shape index (κ1) is 23.0. The SMILES string of the molecule is CCCOc1ccc(-c2c(C(=O)N/N=C/c3ccc([N+](=O)[O-])cc3)nnn2-c2nonc2N)cc1. The van der Waals surface area contributed by atoms with Gasteiger partial charge in [0.25, 0.3) is 11.6 Å². The van der Waals surface area contributed by atoms with Gasteiger partial charge in [-0.05, 0) is 58.7 Å². The number of nitrogens with one attached hydrogen (secondary N) is 1. The summed E-state index contributed by atoms with van der Waals surface area (Å²) < 4.78 is 11.5. The van der Waals surface area contributed by atoms with Crippen molar-refractivity contribution in [2.45, 2.75) is 13.3 Å². The van der Waals surface area contributed by atoms with E-state index in [0.29, 0.717) is 23.5 Å². The van der Waals surface area contributed by atoms with Crippen molar-refractivity contribution < 1.29 is 19.1 Å². The van der Waals surface area contributed by atoms with E-state index in [4.69, 9.17) is 10.5 Å². The number of anilines is 1. The number of aromatic nitrogens is 5. The Morgan fingerprint density at radius 1 is 1.23 bits per heavy atom. The molecule has 0 radical (unpaired) electrons. The zero-order chi connectivity index (χ0) is 24.8. The number of non-ortho nitro benzene ring substituents is 1. The molecule has 2 aromatic heterocycles. The largest absolute Gasteiger partial charge is 0.494 e. The lowest BCUT2D eigenvalue weighted by Gasteiger charge is -2.08. The summed E-state index contributed by atoms with van der Waals surface area (Å²) in [5, 5.41) is 29.9. The van der Waals surface area contributed by atoms with Crippen LogP contribution in [0.1, 0.15) is 29.4 Å². The fraction of sp³-hybridized carbons (Fsp3) is 0.143. The molecule has 3 N–H and O–H groups in total. The van der Waals surface area contributed by atoms with Crippen LogP contribution in [-0.4, -0.2) is 49.0 Å². The molecule has 0 saturated carbocycles. The Morgan fingerprint density at radius 3 is 2.60 bits per heavy atom. The number of carbonyl (C=O) groups excluding carboxylic acids is 1. The minimum absolute atomic E-state index is 0.0396. The van der Waals surface area contributed by atoms with Crippen LogP contribution in [-0.2, 0) is 0 Å². The second-order valence-electron chi connectivity index (χ2n) is 7.09. The Bertz CT molecular complexity index is 1360. The number of nitrogen functional groups attached to an aromatic ring is 1. The highest BCUT2D eigenvalue weighted by molar-refractivity contribution is 5.98. The topological polar surface area (TPSA) is 189 Å². The normalized spacial score (nSPS) is 11.0. The summed E-state index contributed by atoms with van der Waals surface area (Å²) in [7, 11) is 0. The molecule has 2 aromatic carbocycles. The standard InChI is InChI=1S/C21H19N9O5/c1-2-11-34-16-9-5-14(6-10-16)18-17(24-28-29(18)20-19(22)26-35-27-20)21(31)25-23-12-13-3-7-15(8-4-13)30(32)33/h3-10,12H,2,11H2,1H3,(H2,22,26)(H,25,31)/b23-12+. The van der Waals surface area contributed by atoms with Crippen LogP contribution in [0.15, 0.2) is 58.3 Å². The first-order valence-corrected chi connectivity index (χ1v) is 10.3. The van der Waals surface area contributed by atoms with Crippen molar-refractivity contribution >= 4 is 23.6 Å². The number of benzene rings is 2. The van der Waals surface area contributed by atoms with E-state index in [-0.39, 0.29) is 28.7 Å². The third-order valence-electron chi connectivity index (χ3n) is 4.67. The maximum atomic E-state index is 12.9. The number of rotatable bonds is 9. The van der Waals surface area contributed by atoms with Gasteiger partial charge in [0, 0.05) is 17.7 Å². The van der Waals surface area contributed by atoms with E-state index < -0.39 is 10.8 Å². The molecule has 0 aliphatic rings. The number of nitro benzene ring substituents is 1. The molecule has 0 fully saturated rings. The highest BCUT2D eigenvalue weighted by Gasteiger charge is 2.25. The van der Waals surface area contributed by atoms with Gasteiger partial charge in [0.2, 0.25) is 11.6 Å². The quantitative estimate of drug-likeness (QED) is 0.205. The van der Waals surface area contributed by atoms with Crippen LogP contribution in [0.4, 0.5) is 11.5 Å². The fourth-order valence-corrected chi connectivity index (χ4v) is 3.01. The van der Waals surface area contributed by atoms with Crippen LogP contribution in [0.3, 0.4) is 0 Å². The monoisotopic (exact) mass is 477 g/mol. The number of nitrogens with two attached hydrogens (primary N) is 1. The van der Waals surface area contributed by atoms with Crippen LogP contribution in [0, 0.1) is 10.1 Å². The van der Waals surface area contributed by atoms with Gasteiger partial charge in [-0.25, -0.2) is 10.1 Å². The van der Waals surface area contributed by atoms with E-state index in [0.717, 1.165) is 6.42 Å². The van der Waals surface area contributed by atoms with Crippen LogP contribution in [0.25, 0.3) is 17.1 Å². The summed E-state index contributed by atoms with van der Waals surface area (Å²) in [5.41, 5.74) is 9.47. The van der Waals surface area contributed by atoms with Crippen LogP contribution in [0.2, 0.25) is 0 Å². The summed E-state index contributed by atoms with van der Waals surface area (Å²) in [6, 6.07) is 12.6. The first-order chi connectivity index (χ1) is 17.0. The van der Waals surface area contributed by atoms with E-state index in [1.807, 2.05) is 6.92 Å². The highest BCUT2D eigenvalue weighted by Crippen LogP contribution is 2.28. The Balaban J connectivity index is 1.61. The minimum Gasteiger partial charge on any atom is -0.494 e. The summed E-state index contributed by atoms with van der Waals surface area (Å²) in [5.74, 6) is 0.0242. The second-order valence-corrected chi connectivity index (χ2v) is 7.09. The van der Waals surface area contributed by atoms with Gasteiger partial charge in [0.05, 0.1) is 17.7 Å². The number of ether oxygens (including phenoxy) is 1. The summed E-state index contributed by atoms with van der Waals surface area (Å²) in [6.07, 6.45) is 2.20. The van der Waals surface area contributed by atoms with Crippen molar-refractivity contribution in [3.8, 4) is 22.8 Å². The van der Waals surface area contributed by atoms with Crippen molar-refractivity contribution in [2.75, 3.05) is 12.3 Å². The predicted octanol–water partition coefficient (Wildman–Crippen LogP) is 2.36. The molecule has 178 valence electrons. The van der Waals surface area contributed by atoms with Gasteiger partial charge in [-0.2, -0.15) is 9.78 Å². The molecule has 14 nitrogen and oxygen atoms in total. The van der Waals surface area contributed by atoms with Gasteiger partial charge in [-0.1, -0.05) is 12.1 Å². The Morgan fingerprint density at radius 2 is 1.97 bits per heavy atom. The highest BCUT2D eigenvalue weighted by atomic mass is 16.6. The molecule has 35 heavy (non-hydrogen) atoms. The molecule has 0 aliphatic carbocycles. The Kier molecular flexibility index (Phi) is 6.71. The lowest BCUT2D eigenvalue weighted by Crippen LogP contribution is -2.19. The third-order valence-corrected chi connectivity index (χ3v) is 4.67. The molecule has 4 rings (SSSR count). The lowest BCUT2D eigenvalue weighted by molar-refractivity contribution is -0.384. The molecule has 2 heterocycles. The van der Waals surface area contributed by atoms with Crippen molar-refractivity contribution in [3.63, 3.8) is 0 Å². The van der Waals surface area contributed by atoms with E-state index >= 15 is 0 Å². The molecule has 0 saturated heterocycles. The number of hydrogen-bond donors (Lipinski definition) is 2. The van der Waals surface area contributed by atoms with E-state index in [2.05, 4.69) is 35.8 Å². The lowest BCUT2D eigenvalue weighted by atomic mass is 10.1. The van der Waals surface area contributed by atoms with Crippen molar-refractivity contribution in [1.82, 2.24) is 30.7 Å². The van der Waals surface area contributed by atoms with Crippen LogP contribution < -0.4 is 15.9 Å². The smallest absolute Gasteiger partial charge is 0.294 e. The third kappa shape index (κ3) is 5.11. The number of nitro groups is 1. The maximum absolute atomic E-state index is 12.9. The van der Waals surface area contributed by atoms with Crippen molar-refractivity contribution in [3.05, 3.63) is 69.9 Å². The van der Waals surface area contributed by atoms with Gasteiger partial charge >= 0.3 is 0 Å². The average molecular weight is 477 g/mol. The van der Waals surface area contributed by atoms with Gasteiger partial charge in [0.1, 0.15) is 11.4 Å². The molecule has 1 amide bonds. The number of carbonyl (C=O) groups is 1. The van der Waals surface area contributed by atoms with Crippen molar-refractivity contribution in [2.24, 2.45) is 5.10 Å². The van der Waals surface area contributed by atoms with Gasteiger partial charge < -0.3 is 10.5 Å². The van der Waals surface area contributed by atoms with Crippen molar-refractivity contribution in [1.29, 1.82) is 0 Å². The molecule has 0 atom stereocenters. The number of hydrazone groups is 1. The van der Waals surface area contributed by atoms with Gasteiger partial charge in [-0.15, -0.1) is 5.10 Å². The van der Waals surface area contributed by atoms with Crippen LogP contribution in [0.5, 0.6) is 5.75 Å². The Hall–Kier alpha value is -5.14. The molecular formula is C21H19N9O5. The fourth-order valence-electron chi connectivity index (χ4n) is 3.01. The molecule has 14 heteroatoms. The number of hydrogen-bond acceptors (Lipinski definition) is 11. The molecule has 4 aromatic rings. The van der Waals surface area contributed by atoms with Gasteiger partial charge in [-0.3, -0.25) is 14.9 Å². The second kappa shape index (κ2) is 10.2. The molecule has 0 spiro atoms. The molecule has 0 unspecified atom stereocenters. The number of nitrogens with zero attached hydrogens (tertiary/aromatic N) is 7. The first-order valence-electron chi connectivity index (χ1n) is 10.3. The average Bonchev–Trinajstić information content (AvgIpc) is 3.49. The summed E-state index contributed by atoms with van der Waals surface area (Å²) in [6.45, 7) is 2.57. The molecule has 0 aliphatic heterocycles. The zero-order valence-electron chi connectivity index (χ0n) is 18.4. The van der Waals surface area contributed by atoms with E-state index in [1.165, 1.54) is 35.2 Å². The molecular weight excluding hydrogens is 458 g/mol. The molecule has 0 bridgehead atoms. The Labute approximate surface area is 197 Å². The van der Waals surface area contributed by atoms with Gasteiger partial charge in [0.15, 0.2) is 5.69 Å². The maximum Gasteiger partial charge on any atom is 0.294 e. The zero-order valence-corrected chi connectivity index (χ0v) is 18.4. The van der Waals surface area contributed by atoms with E-state index in [1.54, 1.807) is 24.3 Å². The minimum atomic E-state index is -0.661. The number of amides is 1. The predicted molar refractivity (Wildman–Crippen MR) is 123 cm³/mol. The summed E-state index contributed by atoms with van der Waals surface area (Å²) >= 11 is 0. The summed E-state index contributed by atoms with van der Waals surface area (Å²) in [4.78, 5) is 23.2. The van der Waals surface area contributed by atoms with E-state index in [9.17, 15) is 14.9 Å².